The average molecular weight is 232 g/mol. The van der Waals surface area contributed by atoms with Crippen LogP contribution in [0.5, 0.6) is 0 Å². The van der Waals surface area contributed by atoms with Crippen molar-refractivity contribution >= 4 is 23.2 Å². The van der Waals surface area contributed by atoms with Gasteiger partial charge in [0.2, 0.25) is 11.8 Å². The van der Waals surface area contributed by atoms with Crippen LogP contribution in [0.4, 0.5) is 11.4 Å². The SMILES string of the molecule is C=CCCC(=O)Nc1ccc(NC(C)=O)cc1. The van der Waals surface area contributed by atoms with Crippen molar-refractivity contribution in [3.63, 3.8) is 0 Å². The highest BCUT2D eigenvalue weighted by Gasteiger charge is 2.01. The Morgan fingerprint density at radius 1 is 1.18 bits per heavy atom. The van der Waals surface area contributed by atoms with E-state index in [0.29, 0.717) is 24.2 Å². The van der Waals surface area contributed by atoms with Gasteiger partial charge in [-0.05, 0) is 30.7 Å². The minimum atomic E-state index is -0.118. The van der Waals surface area contributed by atoms with Gasteiger partial charge in [-0.25, -0.2) is 0 Å². The van der Waals surface area contributed by atoms with Gasteiger partial charge in [-0.1, -0.05) is 6.08 Å². The molecule has 0 saturated heterocycles. The first kappa shape index (κ1) is 13.0. The third kappa shape index (κ3) is 4.97. The number of amides is 2. The van der Waals surface area contributed by atoms with Crippen LogP contribution in [0, 0.1) is 0 Å². The van der Waals surface area contributed by atoms with Gasteiger partial charge in [-0.15, -0.1) is 6.58 Å². The zero-order chi connectivity index (χ0) is 12.7. The maximum Gasteiger partial charge on any atom is 0.224 e. The van der Waals surface area contributed by atoms with Crippen LogP contribution in [-0.4, -0.2) is 11.8 Å². The molecule has 0 atom stereocenters. The zero-order valence-electron chi connectivity index (χ0n) is 9.82. The van der Waals surface area contributed by atoms with Gasteiger partial charge >= 0.3 is 0 Å². The molecule has 1 rings (SSSR count). The second-order valence-electron chi connectivity index (χ2n) is 3.63. The Morgan fingerprint density at radius 2 is 1.71 bits per heavy atom. The fraction of sp³-hybridized carbons (Fsp3) is 0.231. The van der Waals surface area contributed by atoms with Gasteiger partial charge in [-0.2, -0.15) is 0 Å². The van der Waals surface area contributed by atoms with Crippen molar-refractivity contribution in [3.8, 4) is 0 Å². The third-order valence-corrected chi connectivity index (χ3v) is 2.06. The van der Waals surface area contributed by atoms with Gasteiger partial charge in [0.15, 0.2) is 0 Å². The van der Waals surface area contributed by atoms with Crippen LogP contribution in [0.15, 0.2) is 36.9 Å². The lowest BCUT2D eigenvalue weighted by molar-refractivity contribution is -0.116. The Labute approximate surface area is 101 Å². The highest BCUT2D eigenvalue weighted by molar-refractivity contribution is 5.92. The molecule has 0 aliphatic rings. The van der Waals surface area contributed by atoms with Crippen molar-refractivity contribution in [3.05, 3.63) is 36.9 Å². The van der Waals surface area contributed by atoms with Crippen molar-refractivity contribution in [2.45, 2.75) is 19.8 Å². The van der Waals surface area contributed by atoms with Crippen LogP contribution in [0.1, 0.15) is 19.8 Å². The van der Waals surface area contributed by atoms with Crippen LogP contribution in [-0.2, 0) is 9.59 Å². The summed E-state index contributed by atoms with van der Waals surface area (Å²) in [6.45, 7) is 5.01. The molecule has 0 saturated carbocycles. The van der Waals surface area contributed by atoms with E-state index < -0.39 is 0 Å². The Bertz CT molecular complexity index is 410. The fourth-order valence-electron chi connectivity index (χ4n) is 1.30. The molecule has 4 nitrogen and oxygen atoms in total. The van der Waals surface area contributed by atoms with E-state index in [9.17, 15) is 9.59 Å². The molecule has 2 N–H and O–H groups in total. The van der Waals surface area contributed by atoms with E-state index in [1.54, 1.807) is 30.3 Å². The molecule has 2 amide bonds. The molecule has 0 heterocycles. The number of hydrogen-bond donors (Lipinski definition) is 2. The molecule has 90 valence electrons. The molecule has 0 aliphatic carbocycles. The molecule has 17 heavy (non-hydrogen) atoms. The van der Waals surface area contributed by atoms with Crippen molar-refractivity contribution in [2.75, 3.05) is 10.6 Å². The summed E-state index contributed by atoms with van der Waals surface area (Å²) in [5.74, 6) is -0.162. The van der Waals surface area contributed by atoms with Gasteiger partial charge in [0.1, 0.15) is 0 Å². The number of rotatable bonds is 5. The maximum absolute atomic E-state index is 11.4. The largest absolute Gasteiger partial charge is 0.326 e. The average Bonchev–Trinajstić information content (AvgIpc) is 2.28. The normalized spacial score (nSPS) is 9.47. The highest BCUT2D eigenvalue weighted by atomic mass is 16.2. The lowest BCUT2D eigenvalue weighted by atomic mass is 10.2. The molecule has 0 fully saturated rings. The smallest absolute Gasteiger partial charge is 0.224 e. The monoisotopic (exact) mass is 232 g/mol. The lowest BCUT2D eigenvalue weighted by Gasteiger charge is -2.06. The van der Waals surface area contributed by atoms with Crippen LogP contribution in [0.3, 0.4) is 0 Å². The van der Waals surface area contributed by atoms with E-state index in [-0.39, 0.29) is 11.8 Å². The summed E-state index contributed by atoms with van der Waals surface area (Å²) in [7, 11) is 0. The first-order valence-electron chi connectivity index (χ1n) is 5.40. The second kappa shape index (κ2) is 6.48. The standard InChI is InChI=1S/C13H16N2O2/c1-3-4-5-13(17)15-12-8-6-11(7-9-12)14-10(2)16/h3,6-9H,1,4-5H2,2H3,(H,14,16)(H,15,17). The number of nitrogens with one attached hydrogen (secondary N) is 2. The topological polar surface area (TPSA) is 58.2 Å². The lowest BCUT2D eigenvalue weighted by Crippen LogP contribution is -2.11. The van der Waals surface area contributed by atoms with Crippen molar-refractivity contribution in [1.29, 1.82) is 0 Å². The zero-order valence-corrected chi connectivity index (χ0v) is 9.82. The summed E-state index contributed by atoms with van der Waals surface area (Å²) in [5.41, 5.74) is 1.43. The maximum atomic E-state index is 11.4. The molecular weight excluding hydrogens is 216 g/mol. The summed E-state index contributed by atoms with van der Waals surface area (Å²) in [4.78, 5) is 22.2. The van der Waals surface area contributed by atoms with Crippen LogP contribution in [0.25, 0.3) is 0 Å². The molecular formula is C13H16N2O2. The van der Waals surface area contributed by atoms with Crippen molar-refractivity contribution in [2.24, 2.45) is 0 Å². The van der Waals surface area contributed by atoms with E-state index >= 15 is 0 Å². The molecule has 0 bridgehead atoms. The first-order chi connectivity index (χ1) is 8.11. The molecule has 0 spiro atoms. The Balaban J connectivity index is 2.53. The van der Waals surface area contributed by atoms with Crippen LogP contribution < -0.4 is 10.6 Å². The predicted molar refractivity (Wildman–Crippen MR) is 68.8 cm³/mol. The number of anilines is 2. The van der Waals surface area contributed by atoms with E-state index in [1.807, 2.05) is 0 Å². The number of carbonyl (C=O) groups excluding carboxylic acids is 2. The number of benzene rings is 1. The van der Waals surface area contributed by atoms with Gasteiger partial charge in [0.05, 0.1) is 0 Å². The molecule has 0 radical (unpaired) electrons. The van der Waals surface area contributed by atoms with Gasteiger partial charge < -0.3 is 10.6 Å². The fourth-order valence-corrected chi connectivity index (χ4v) is 1.30. The molecule has 0 unspecified atom stereocenters. The van der Waals surface area contributed by atoms with Gasteiger partial charge in [-0.3, -0.25) is 9.59 Å². The Morgan fingerprint density at radius 3 is 2.18 bits per heavy atom. The molecule has 4 heteroatoms. The molecule has 0 aliphatic heterocycles. The molecule has 0 aromatic heterocycles. The van der Waals surface area contributed by atoms with Crippen molar-refractivity contribution in [1.82, 2.24) is 0 Å². The summed E-state index contributed by atoms with van der Waals surface area (Å²) in [5, 5.41) is 5.41. The molecule has 1 aromatic carbocycles. The predicted octanol–water partition coefficient (Wildman–Crippen LogP) is 2.55. The van der Waals surface area contributed by atoms with Crippen LogP contribution in [0.2, 0.25) is 0 Å². The number of allylic oxidation sites excluding steroid dienone is 1. The summed E-state index contributed by atoms with van der Waals surface area (Å²) in [6.07, 6.45) is 2.80. The minimum Gasteiger partial charge on any atom is -0.326 e. The molecule has 1 aromatic rings. The first-order valence-corrected chi connectivity index (χ1v) is 5.40. The van der Waals surface area contributed by atoms with E-state index in [2.05, 4.69) is 17.2 Å². The van der Waals surface area contributed by atoms with Crippen LogP contribution >= 0.6 is 0 Å². The highest BCUT2D eigenvalue weighted by Crippen LogP contribution is 2.13. The van der Waals surface area contributed by atoms with E-state index in [1.165, 1.54) is 6.92 Å². The second-order valence-corrected chi connectivity index (χ2v) is 3.63. The van der Waals surface area contributed by atoms with Crippen molar-refractivity contribution < 1.29 is 9.59 Å². The van der Waals surface area contributed by atoms with E-state index in [4.69, 9.17) is 0 Å². The number of carbonyl (C=O) groups is 2. The Kier molecular flexibility index (Phi) is 4.94. The van der Waals surface area contributed by atoms with Gasteiger partial charge in [0.25, 0.3) is 0 Å². The minimum absolute atomic E-state index is 0.0443. The Hall–Kier alpha value is -2.10. The third-order valence-electron chi connectivity index (χ3n) is 2.06. The summed E-state index contributed by atoms with van der Waals surface area (Å²) >= 11 is 0. The summed E-state index contributed by atoms with van der Waals surface area (Å²) < 4.78 is 0. The van der Waals surface area contributed by atoms with E-state index in [0.717, 1.165) is 0 Å². The summed E-state index contributed by atoms with van der Waals surface area (Å²) in [6, 6.07) is 6.98. The van der Waals surface area contributed by atoms with Gasteiger partial charge in [0, 0.05) is 24.7 Å². The quantitative estimate of drug-likeness (QED) is 0.766. The number of hydrogen-bond acceptors (Lipinski definition) is 2.